The second-order valence-electron chi connectivity index (χ2n) is 7.33. The standard InChI is InChI=1S/C22H25BN5O2.2FH/c1-15-13-17(25-22(15)19(10-11-24)20-5-4-12-27(20)23)8-6-16-7-9-18(26(2)3)14-21(16)28(29)30;;/h4-9,12-14,25H,10-11,24H2,1-3H3;2*1H/q+1;;. The number of nitrogens with zero attached hydrogens (tertiary/aromatic N) is 3. The average molecular weight is 442 g/mol. The molecule has 3 N–H and O–H groups in total. The molecule has 0 atom stereocenters. The van der Waals surface area contributed by atoms with Crippen molar-refractivity contribution in [1.82, 2.24) is 4.98 Å². The average Bonchev–Trinajstić information content (AvgIpc) is 3.29. The maximum Gasteiger partial charge on any atom is 0.586 e. The fraction of sp³-hybridized carbons (Fsp3) is 0.227. The second kappa shape index (κ2) is 11.2. The first-order valence-corrected chi connectivity index (χ1v) is 9.64. The Balaban J connectivity index is 0.00000256. The molecule has 7 nitrogen and oxygen atoms in total. The van der Waals surface area contributed by atoms with Crippen LogP contribution in [0.15, 0.2) is 42.1 Å². The molecule has 0 bridgehead atoms. The highest BCUT2D eigenvalue weighted by Gasteiger charge is 2.20. The summed E-state index contributed by atoms with van der Waals surface area (Å²) in [6.07, 6.45) is 9.90. The number of hydrogen-bond donors (Lipinski definition) is 2. The number of allylic oxidation sites excluding steroid dienone is 2. The Labute approximate surface area is 186 Å². The van der Waals surface area contributed by atoms with E-state index >= 15 is 0 Å². The van der Waals surface area contributed by atoms with Crippen LogP contribution >= 0.6 is 0 Å². The van der Waals surface area contributed by atoms with Crippen molar-refractivity contribution in [2.45, 2.75) is 13.3 Å². The molecule has 2 radical (unpaired) electrons. The number of aryl methyl sites for hydroxylation is 1. The Kier molecular flexibility index (Phi) is 9.27. The Hall–Kier alpha value is -3.53. The van der Waals surface area contributed by atoms with Crippen LogP contribution in [-0.2, 0) is 0 Å². The number of aromatic amines is 1. The van der Waals surface area contributed by atoms with E-state index in [0.717, 1.165) is 33.9 Å². The molecule has 1 aliphatic heterocycles. The summed E-state index contributed by atoms with van der Waals surface area (Å²) in [4.78, 5) is 16.4. The summed E-state index contributed by atoms with van der Waals surface area (Å²) < 4.78 is 1.58. The summed E-state index contributed by atoms with van der Waals surface area (Å²) in [5.41, 5.74) is 12.0. The molecule has 2 heterocycles. The number of H-pyrrole nitrogens is 1. The molecule has 168 valence electrons. The predicted molar refractivity (Wildman–Crippen MR) is 129 cm³/mol. The van der Waals surface area contributed by atoms with E-state index in [9.17, 15) is 10.1 Å². The SMILES string of the molecule is F.F.[B][N+]1=CC=CC1=C(CCN)c1[nH]c(/C=C/c2ccc(N(C)C)cc2[N+](=O)[O-])cc1C. The van der Waals surface area contributed by atoms with Gasteiger partial charge in [-0.3, -0.25) is 24.0 Å². The van der Waals surface area contributed by atoms with Gasteiger partial charge in [0.05, 0.1) is 16.2 Å². The largest absolute Gasteiger partial charge is 0.586 e. The summed E-state index contributed by atoms with van der Waals surface area (Å²) in [6.45, 7) is 2.51. The summed E-state index contributed by atoms with van der Waals surface area (Å²) in [5.74, 6) is 0. The van der Waals surface area contributed by atoms with E-state index in [0.29, 0.717) is 18.5 Å². The molecule has 2 aromatic rings. The quantitative estimate of drug-likeness (QED) is 0.390. The molecule has 0 unspecified atom stereocenters. The van der Waals surface area contributed by atoms with Gasteiger partial charge in [0.25, 0.3) is 5.69 Å². The zero-order chi connectivity index (χ0) is 21.8. The predicted octanol–water partition coefficient (Wildman–Crippen LogP) is 3.57. The van der Waals surface area contributed by atoms with Gasteiger partial charge in [0.1, 0.15) is 6.21 Å². The van der Waals surface area contributed by atoms with Gasteiger partial charge in [0.15, 0.2) is 5.70 Å². The molecular formula is C22H27BF2N5O2+. The molecule has 3 rings (SSSR count). The van der Waals surface area contributed by atoms with E-state index in [1.165, 1.54) is 0 Å². The van der Waals surface area contributed by atoms with Gasteiger partial charge in [-0.2, -0.15) is 0 Å². The minimum atomic E-state index is -0.361. The Morgan fingerprint density at radius 2 is 2.00 bits per heavy atom. The molecular weight excluding hydrogens is 415 g/mol. The normalized spacial score (nSPS) is 14.1. The number of nitrogens with one attached hydrogen (secondary N) is 1. The van der Waals surface area contributed by atoms with E-state index in [-0.39, 0.29) is 20.0 Å². The number of benzene rings is 1. The van der Waals surface area contributed by atoms with Crippen molar-refractivity contribution in [3.63, 3.8) is 0 Å². The van der Waals surface area contributed by atoms with Crippen molar-refractivity contribution < 1.29 is 18.8 Å². The summed E-state index contributed by atoms with van der Waals surface area (Å²) in [5, 5.41) is 11.5. The third-order valence-corrected chi connectivity index (χ3v) is 4.99. The van der Waals surface area contributed by atoms with Crippen LogP contribution in [0.1, 0.15) is 28.9 Å². The van der Waals surface area contributed by atoms with Crippen molar-refractivity contribution in [3.8, 4) is 0 Å². The first-order valence-electron chi connectivity index (χ1n) is 9.64. The highest BCUT2D eigenvalue weighted by molar-refractivity contribution is 6.01. The highest BCUT2D eigenvalue weighted by Crippen LogP contribution is 2.29. The molecule has 10 heteroatoms. The Morgan fingerprint density at radius 3 is 2.56 bits per heavy atom. The van der Waals surface area contributed by atoms with Gasteiger partial charge < -0.3 is 15.6 Å². The molecule has 0 aliphatic carbocycles. The minimum Gasteiger partial charge on any atom is -0.377 e. The Morgan fingerprint density at radius 1 is 1.28 bits per heavy atom. The van der Waals surface area contributed by atoms with Gasteiger partial charge >= 0.3 is 7.98 Å². The zero-order valence-electron chi connectivity index (χ0n) is 18.2. The van der Waals surface area contributed by atoms with Gasteiger partial charge in [-0.05, 0) is 55.8 Å². The van der Waals surface area contributed by atoms with Crippen LogP contribution in [0, 0.1) is 17.0 Å². The fourth-order valence-corrected chi connectivity index (χ4v) is 3.45. The van der Waals surface area contributed by atoms with Crippen LogP contribution in [0.4, 0.5) is 20.8 Å². The molecule has 0 amide bonds. The molecule has 1 aliphatic rings. The van der Waals surface area contributed by atoms with Crippen LogP contribution in [-0.4, -0.2) is 49.2 Å². The number of halogens is 2. The summed E-state index contributed by atoms with van der Waals surface area (Å²) in [6, 6.07) is 7.20. The van der Waals surface area contributed by atoms with E-state index < -0.39 is 0 Å². The van der Waals surface area contributed by atoms with Crippen LogP contribution in [0.2, 0.25) is 0 Å². The lowest BCUT2D eigenvalue weighted by Gasteiger charge is -2.12. The fourth-order valence-electron chi connectivity index (χ4n) is 3.45. The molecule has 1 aromatic heterocycles. The highest BCUT2D eigenvalue weighted by atomic mass is 19.0. The van der Waals surface area contributed by atoms with Gasteiger partial charge in [-0.15, -0.1) is 0 Å². The maximum absolute atomic E-state index is 11.5. The number of nitro benzene ring substituents is 1. The lowest BCUT2D eigenvalue weighted by molar-refractivity contribution is -0.385. The number of rotatable bonds is 7. The third-order valence-electron chi connectivity index (χ3n) is 4.99. The summed E-state index contributed by atoms with van der Waals surface area (Å²) >= 11 is 0. The molecule has 1 aromatic carbocycles. The van der Waals surface area contributed by atoms with E-state index in [2.05, 4.69) is 4.98 Å². The van der Waals surface area contributed by atoms with Gasteiger partial charge in [0, 0.05) is 49.3 Å². The zero-order valence-corrected chi connectivity index (χ0v) is 18.2. The molecule has 0 saturated carbocycles. The molecule has 0 spiro atoms. The number of hydrogen-bond acceptors (Lipinski definition) is 4. The number of aromatic nitrogens is 1. The van der Waals surface area contributed by atoms with E-state index in [1.807, 2.05) is 56.3 Å². The van der Waals surface area contributed by atoms with Crippen molar-refractivity contribution in [2.24, 2.45) is 5.73 Å². The van der Waals surface area contributed by atoms with E-state index in [1.54, 1.807) is 28.9 Å². The van der Waals surface area contributed by atoms with Crippen molar-refractivity contribution in [1.29, 1.82) is 0 Å². The molecule has 0 fully saturated rings. The second-order valence-corrected chi connectivity index (χ2v) is 7.33. The number of anilines is 1. The van der Waals surface area contributed by atoms with Crippen molar-refractivity contribution >= 4 is 43.3 Å². The smallest absolute Gasteiger partial charge is 0.377 e. The lowest BCUT2D eigenvalue weighted by atomic mass is 10.0. The monoisotopic (exact) mass is 442 g/mol. The number of nitro groups is 1. The molecule has 32 heavy (non-hydrogen) atoms. The minimum absolute atomic E-state index is 0. The van der Waals surface area contributed by atoms with Crippen LogP contribution in [0.25, 0.3) is 17.7 Å². The summed E-state index contributed by atoms with van der Waals surface area (Å²) in [7, 11) is 9.74. The van der Waals surface area contributed by atoms with Crippen LogP contribution in [0.5, 0.6) is 0 Å². The maximum atomic E-state index is 11.5. The first-order chi connectivity index (χ1) is 14.3. The number of nitrogens with two attached hydrogens (primary N) is 1. The first kappa shape index (κ1) is 26.5. The van der Waals surface area contributed by atoms with E-state index in [4.69, 9.17) is 13.7 Å². The van der Waals surface area contributed by atoms with Crippen molar-refractivity contribution in [2.75, 3.05) is 25.5 Å². The molecule has 0 saturated heterocycles. The van der Waals surface area contributed by atoms with Crippen molar-refractivity contribution in [3.05, 3.63) is 74.7 Å². The lowest BCUT2D eigenvalue weighted by Crippen LogP contribution is -2.09. The third kappa shape index (κ3) is 5.58. The van der Waals surface area contributed by atoms with Gasteiger partial charge in [0.2, 0.25) is 0 Å². The Bertz CT molecular complexity index is 1100. The topological polar surface area (TPSA) is 91.2 Å². The van der Waals surface area contributed by atoms with Gasteiger partial charge in [-0.25, -0.2) is 0 Å². The van der Waals surface area contributed by atoms with Crippen LogP contribution in [0.3, 0.4) is 0 Å². The van der Waals surface area contributed by atoms with Crippen LogP contribution < -0.4 is 10.6 Å². The van der Waals surface area contributed by atoms with Gasteiger partial charge in [-0.1, -0.05) is 0 Å².